The summed E-state index contributed by atoms with van der Waals surface area (Å²) >= 11 is 0. The molecule has 0 aliphatic heterocycles. The average Bonchev–Trinajstić information content (AvgIpc) is 2.08. The molecule has 0 saturated heterocycles. The summed E-state index contributed by atoms with van der Waals surface area (Å²) in [7, 11) is 0. The van der Waals surface area contributed by atoms with Crippen LogP contribution in [0.3, 0.4) is 0 Å². The van der Waals surface area contributed by atoms with Crippen molar-refractivity contribution in [2.75, 3.05) is 13.2 Å². The predicted octanol–water partition coefficient (Wildman–Crippen LogP) is 7.20. The second-order valence-electron chi connectivity index (χ2n) is 2.97. The lowest BCUT2D eigenvalue weighted by Gasteiger charge is -1.95. The summed E-state index contributed by atoms with van der Waals surface area (Å²) in [5, 5.41) is 0. The van der Waals surface area contributed by atoms with Crippen LogP contribution in [0.4, 0.5) is 0 Å². The highest BCUT2D eigenvalue weighted by molar-refractivity contribution is 4.25. The summed E-state index contributed by atoms with van der Waals surface area (Å²) in [6, 6.07) is 0. The van der Waals surface area contributed by atoms with Gasteiger partial charge in [0.1, 0.15) is 0 Å². The molecule has 1 nitrogen and oxygen atoms in total. The third-order valence-corrected chi connectivity index (χ3v) is 1.40. The molecule has 0 aromatic heterocycles. The Hall–Kier alpha value is -0.0400. The SMILES string of the molecule is C.C.C.C.C.CCCCC.CCCOCCC. The Bertz CT molecular complexity index is 47.5. The lowest BCUT2D eigenvalue weighted by atomic mass is 10.3. The molecule has 0 rings (SSSR count). The van der Waals surface area contributed by atoms with Crippen molar-refractivity contribution in [3.8, 4) is 0 Å². The molecule has 0 saturated carbocycles. The van der Waals surface area contributed by atoms with Gasteiger partial charge in [-0.05, 0) is 12.8 Å². The van der Waals surface area contributed by atoms with E-state index in [0.717, 1.165) is 26.1 Å². The molecule has 0 radical (unpaired) electrons. The van der Waals surface area contributed by atoms with Crippen molar-refractivity contribution in [2.45, 2.75) is 96.9 Å². The van der Waals surface area contributed by atoms with Crippen LogP contribution in [0.25, 0.3) is 0 Å². The van der Waals surface area contributed by atoms with Gasteiger partial charge in [0.2, 0.25) is 0 Å². The van der Waals surface area contributed by atoms with Gasteiger partial charge in [-0.15, -0.1) is 0 Å². The van der Waals surface area contributed by atoms with E-state index in [1.165, 1.54) is 19.3 Å². The third kappa shape index (κ3) is 87.6. The largest absolute Gasteiger partial charge is 0.381 e. The minimum atomic E-state index is 0. The van der Waals surface area contributed by atoms with Gasteiger partial charge in [-0.2, -0.15) is 0 Å². The van der Waals surface area contributed by atoms with Crippen LogP contribution in [0.2, 0.25) is 0 Å². The Balaban J connectivity index is -0.0000000187. The summed E-state index contributed by atoms with van der Waals surface area (Å²) in [6.07, 6.45) is 6.35. The Morgan fingerprint density at radius 3 is 0.941 bits per heavy atom. The van der Waals surface area contributed by atoms with Crippen LogP contribution in [-0.4, -0.2) is 13.2 Å². The van der Waals surface area contributed by atoms with Gasteiger partial charge < -0.3 is 4.74 Å². The van der Waals surface area contributed by atoms with Crippen molar-refractivity contribution in [1.29, 1.82) is 0 Å². The van der Waals surface area contributed by atoms with Crippen LogP contribution >= 0.6 is 0 Å². The molecule has 0 aliphatic carbocycles. The molecule has 0 bridgehead atoms. The summed E-state index contributed by atoms with van der Waals surface area (Å²) in [6.45, 7) is 10.5. The molecule has 0 spiro atoms. The highest BCUT2D eigenvalue weighted by Crippen LogP contribution is 1.88. The van der Waals surface area contributed by atoms with Gasteiger partial charge in [-0.25, -0.2) is 0 Å². The Kier molecular flexibility index (Phi) is 144. The van der Waals surface area contributed by atoms with Gasteiger partial charge in [0.25, 0.3) is 0 Å². The van der Waals surface area contributed by atoms with Gasteiger partial charge >= 0.3 is 0 Å². The first kappa shape index (κ1) is 43.5. The molecule has 0 aromatic rings. The average molecular weight is 255 g/mol. The van der Waals surface area contributed by atoms with Crippen LogP contribution in [0.5, 0.6) is 0 Å². The number of hydrogen-bond acceptors (Lipinski definition) is 1. The lowest BCUT2D eigenvalue weighted by Crippen LogP contribution is -1.92. The molecule has 0 aliphatic rings. The van der Waals surface area contributed by atoms with E-state index < -0.39 is 0 Å². The van der Waals surface area contributed by atoms with Crippen molar-refractivity contribution in [1.82, 2.24) is 0 Å². The Labute approximate surface area is 115 Å². The van der Waals surface area contributed by atoms with Crippen LogP contribution in [0.15, 0.2) is 0 Å². The summed E-state index contributed by atoms with van der Waals surface area (Å²) < 4.78 is 5.13. The van der Waals surface area contributed by atoms with Crippen LogP contribution in [-0.2, 0) is 4.74 Å². The maximum absolute atomic E-state index is 5.13. The minimum absolute atomic E-state index is 0. The van der Waals surface area contributed by atoms with Crippen LogP contribution in [0, 0.1) is 0 Å². The van der Waals surface area contributed by atoms with E-state index in [0.29, 0.717) is 0 Å². The molecular weight excluding hydrogens is 208 g/mol. The highest BCUT2D eigenvalue weighted by Gasteiger charge is 1.77. The molecule has 17 heavy (non-hydrogen) atoms. The molecule has 0 fully saturated rings. The summed E-state index contributed by atoms with van der Waals surface area (Å²) in [5.74, 6) is 0. The highest BCUT2D eigenvalue weighted by atomic mass is 16.5. The summed E-state index contributed by atoms with van der Waals surface area (Å²) in [4.78, 5) is 0. The normalized spacial score (nSPS) is 6.35. The minimum Gasteiger partial charge on any atom is -0.381 e. The maximum atomic E-state index is 5.13. The first-order chi connectivity index (χ1) is 5.83. The van der Waals surface area contributed by atoms with E-state index in [1.54, 1.807) is 0 Å². The second-order valence-corrected chi connectivity index (χ2v) is 2.97. The molecule has 1 heteroatoms. The molecular formula is C16H46O. The first-order valence-corrected chi connectivity index (χ1v) is 5.41. The Morgan fingerprint density at radius 2 is 0.824 bits per heavy atom. The third-order valence-electron chi connectivity index (χ3n) is 1.40. The van der Waals surface area contributed by atoms with E-state index in [2.05, 4.69) is 27.7 Å². The number of hydrogen-bond donors (Lipinski definition) is 0. The Morgan fingerprint density at radius 1 is 0.529 bits per heavy atom. The molecule has 0 aromatic carbocycles. The van der Waals surface area contributed by atoms with Gasteiger partial charge in [0.05, 0.1) is 0 Å². The van der Waals surface area contributed by atoms with Gasteiger partial charge in [0.15, 0.2) is 0 Å². The topological polar surface area (TPSA) is 9.23 Å². The van der Waals surface area contributed by atoms with Crippen LogP contribution < -0.4 is 0 Å². The molecule has 0 N–H and O–H groups in total. The van der Waals surface area contributed by atoms with E-state index >= 15 is 0 Å². The van der Waals surface area contributed by atoms with Gasteiger partial charge in [0, 0.05) is 13.2 Å². The van der Waals surface area contributed by atoms with Crippen LogP contribution in [0.1, 0.15) is 96.9 Å². The fourth-order valence-corrected chi connectivity index (χ4v) is 0.744. The van der Waals surface area contributed by atoms with E-state index in [4.69, 9.17) is 4.74 Å². The van der Waals surface area contributed by atoms with Crippen molar-refractivity contribution < 1.29 is 4.74 Å². The maximum Gasteiger partial charge on any atom is 0.0463 e. The lowest BCUT2D eigenvalue weighted by molar-refractivity contribution is 0.135. The van der Waals surface area contributed by atoms with Crippen molar-refractivity contribution in [3.63, 3.8) is 0 Å². The zero-order valence-corrected chi connectivity index (χ0v) is 9.36. The molecule has 0 atom stereocenters. The van der Waals surface area contributed by atoms with Gasteiger partial charge in [-0.1, -0.05) is 84.1 Å². The first-order valence-electron chi connectivity index (χ1n) is 5.41. The van der Waals surface area contributed by atoms with Gasteiger partial charge in [-0.3, -0.25) is 0 Å². The molecule has 0 heterocycles. The molecule has 0 amide bonds. The number of rotatable bonds is 6. The van der Waals surface area contributed by atoms with Crippen molar-refractivity contribution >= 4 is 0 Å². The zero-order valence-electron chi connectivity index (χ0n) is 9.36. The monoisotopic (exact) mass is 254 g/mol. The fourth-order valence-electron chi connectivity index (χ4n) is 0.744. The number of ether oxygens (including phenoxy) is 1. The number of unbranched alkanes of at least 4 members (excludes halogenated alkanes) is 2. The van der Waals surface area contributed by atoms with E-state index in [9.17, 15) is 0 Å². The standard InChI is InChI=1S/C6H14O.C5H12.5CH4/c1-3-5-7-6-4-2;1-3-5-4-2;;;;;/h3-6H2,1-2H3;3-5H2,1-2H3;5*1H4. The quantitative estimate of drug-likeness (QED) is 0.455. The summed E-state index contributed by atoms with van der Waals surface area (Å²) in [5.41, 5.74) is 0. The predicted molar refractivity (Wildman–Crippen MR) is 90.3 cm³/mol. The molecule has 116 valence electrons. The zero-order chi connectivity index (χ0) is 9.66. The van der Waals surface area contributed by atoms with Crippen molar-refractivity contribution in [3.05, 3.63) is 0 Å². The second kappa shape index (κ2) is 56.4. The van der Waals surface area contributed by atoms with Crippen molar-refractivity contribution in [2.24, 2.45) is 0 Å². The van der Waals surface area contributed by atoms with E-state index in [1.807, 2.05) is 0 Å². The fraction of sp³-hybridized carbons (Fsp3) is 1.00. The smallest absolute Gasteiger partial charge is 0.0463 e. The molecule has 0 unspecified atom stereocenters. The van der Waals surface area contributed by atoms with E-state index in [-0.39, 0.29) is 37.1 Å².